The third-order valence-electron chi connectivity index (χ3n) is 1.78. The summed E-state index contributed by atoms with van der Waals surface area (Å²) in [6, 6.07) is 1.20. The SMILES string of the molecule is NC(=O)CCNS(=O)(=O)c1ccsc1C(=O)O. The number of carbonyl (C=O) groups is 2. The minimum absolute atomic E-state index is 0.147. The van der Waals surface area contributed by atoms with Crippen molar-refractivity contribution in [2.24, 2.45) is 5.73 Å². The van der Waals surface area contributed by atoms with Crippen LogP contribution in [0.4, 0.5) is 0 Å². The number of hydrogen-bond donors (Lipinski definition) is 3. The maximum absolute atomic E-state index is 11.7. The van der Waals surface area contributed by atoms with E-state index in [2.05, 4.69) is 4.72 Å². The van der Waals surface area contributed by atoms with Gasteiger partial charge in [-0.3, -0.25) is 4.79 Å². The highest BCUT2D eigenvalue weighted by Crippen LogP contribution is 2.21. The highest BCUT2D eigenvalue weighted by atomic mass is 32.2. The molecule has 0 radical (unpaired) electrons. The first kappa shape index (κ1) is 13.6. The van der Waals surface area contributed by atoms with Crippen molar-refractivity contribution in [3.63, 3.8) is 0 Å². The van der Waals surface area contributed by atoms with Gasteiger partial charge in [0.05, 0.1) is 0 Å². The third-order valence-corrected chi connectivity index (χ3v) is 4.31. The van der Waals surface area contributed by atoms with Crippen LogP contribution >= 0.6 is 11.3 Å². The van der Waals surface area contributed by atoms with Gasteiger partial charge in [-0.25, -0.2) is 17.9 Å². The average molecular weight is 278 g/mol. The summed E-state index contributed by atoms with van der Waals surface area (Å²) in [7, 11) is -3.92. The van der Waals surface area contributed by atoms with E-state index in [-0.39, 0.29) is 22.7 Å². The number of hydrogen-bond acceptors (Lipinski definition) is 5. The number of sulfonamides is 1. The summed E-state index contributed by atoms with van der Waals surface area (Å²) in [5, 5.41) is 10.1. The quantitative estimate of drug-likeness (QED) is 0.652. The Bertz CT molecular complexity index is 534. The van der Waals surface area contributed by atoms with Gasteiger partial charge in [-0.05, 0) is 11.4 Å². The molecule has 1 amide bonds. The Morgan fingerprint density at radius 1 is 1.47 bits per heavy atom. The molecule has 9 heteroatoms. The Labute approximate surface area is 101 Å². The van der Waals surface area contributed by atoms with Crippen LogP contribution in [0.5, 0.6) is 0 Å². The lowest BCUT2D eigenvalue weighted by atomic mass is 10.4. The van der Waals surface area contributed by atoms with E-state index in [9.17, 15) is 18.0 Å². The molecule has 0 bridgehead atoms. The number of carboxylic acid groups (broad SMARTS) is 1. The molecule has 1 rings (SSSR count). The van der Waals surface area contributed by atoms with E-state index in [0.717, 1.165) is 11.3 Å². The van der Waals surface area contributed by atoms with Gasteiger partial charge >= 0.3 is 5.97 Å². The molecule has 0 spiro atoms. The molecule has 1 heterocycles. The first-order valence-electron chi connectivity index (χ1n) is 4.43. The highest BCUT2D eigenvalue weighted by molar-refractivity contribution is 7.89. The maximum atomic E-state index is 11.7. The van der Waals surface area contributed by atoms with Crippen LogP contribution in [0, 0.1) is 0 Å². The Balaban J connectivity index is 2.86. The second-order valence-electron chi connectivity index (χ2n) is 3.03. The average Bonchev–Trinajstić information content (AvgIpc) is 2.65. The van der Waals surface area contributed by atoms with Crippen LogP contribution in [-0.4, -0.2) is 31.9 Å². The van der Waals surface area contributed by atoms with Crippen molar-refractivity contribution in [2.45, 2.75) is 11.3 Å². The summed E-state index contributed by atoms with van der Waals surface area (Å²) < 4.78 is 25.5. The fourth-order valence-corrected chi connectivity index (χ4v) is 3.34. The molecule has 1 aromatic heterocycles. The predicted octanol–water partition coefficient (Wildman–Crippen LogP) is -0.400. The van der Waals surface area contributed by atoms with Crippen LogP contribution in [0.1, 0.15) is 16.1 Å². The lowest BCUT2D eigenvalue weighted by Gasteiger charge is -2.04. The van der Waals surface area contributed by atoms with Gasteiger partial charge in [-0.15, -0.1) is 11.3 Å². The molecule has 0 saturated heterocycles. The second-order valence-corrected chi connectivity index (χ2v) is 5.68. The third kappa shape index (κ3) is 3.51. The number of carbonyl (C=O) groups excluding carboxylic acids is 1. The van der Waals surface area contributed by atoms with Crippen molar-refractivity contribution in [1.29, 1.82) is 0 Å². The molecule has 0 aliphatic heterocycles. The van der Waals surface area contributed by atoms with Crippen molar-refractivity contribution in [3.05, 3.63) is 16.3 Å². The first-order valence-corrected chi connectivity index (χ1v) is 6.79. The van der Waals surface area contributed by atoms with Gasteiger partial charge in [-0.2, -0.15) is 0 Å². The Morgan fingerprint density at radius 3 is 2.65 bits per heavy atom. The minimum Gasteiger partial charge on any atom is -0.477 e. The summed E-state index contributed by atoms with van der Waals surface area (Å²) in [6.07, 6.45) is -0.147. The number of aromatic carboxylic acids is 1. The molecule has 4 N–H and O–H groups in total. The van der Waals surface area contributed by atoms with Crippen molar-refractivity contribution < 1.29 is 23.1 Å². The van der Waals surface area contributed by atoms with Gasteiger partial charge in [0.2, 0.25) is 15.9 Å². The van der Waals surface area contributed by atoms with Crippen molar-refractivity contribution in [2.75, 3.05) is 6.54 Å². The zero-order valence-electron chi connectivity index (χ0n) is 8.54. The van der Waals surface area contributed by atoms with E-state index < -0.39 is 21.9 Å². The standard InChI is InChI=1S/C8H10N2O5S2/c9-6(11)1-3-10-17(14,15)5-2-4-16-7(5)8(12)13/h2,4,10H,1,3H2,(H2,9,11)(H,12,13). The van der Waals surface area contributed by atoms with E-state index in [1.165, 1.54) is 11.4 Å². The molecule has 0 aliphatic carbocycles. The normalized spacial score (nSPS) is 11.3. The molecule has 0 fully saturated rings. The van der Waals surface area contributed by atoms with Crippen LogP contribution in [0.15, 0.2) is 16.3 Å². The van der Waals surface area contributed by atoms with E-state index in [1.807, 2.05) is 0 Å². The van der Waals surface area contributed by atoms with Gasteiger partial charge in [0, 0.05) is 13.0 Å². The van der Waals surface area contributed by atoms with Gasteiger partial charge in [0.25, 0.3) is 0 Å². The fourth-order valence-electron chi connectivity index (χ4n) is 1.05. The largest absolute Gasteiger partial charge is 0.477 e. The van der Waals surface area contributed by atoms with E-state index in [4.69, 9.17) is 10.8 Å². The molecule has 0 aromatic carbocycles. The van der Waals surface area contributed by atoms with Gasteiger partial charge in [-0.1, -0.05) is 0 Å². The predicted molar refractivity (Wildman–Crippen MR) is 60.3 cm³/mol. The molecule has 94 valence electrons. The summed E-state index contributed by atoms with van der Waals surface area (Å²) in [6.45, 7) is -0.160. The lowest BCUT2D eigenvalue weighted by molar-refractivity contribution is -0.117. The zero-order valence-corrected chi connectivity index (χ0v) is 10.2. The molecule has 7 nitrogen and oxygen atoms in total. The minimum atomic E-state index is -3.92. The molecule has 0 saturated carbocycles. The summed E-state index contributed by atoms with van der Waals surface area (Å²) in [5.74, 6) is -1.95. The van der Waals surface area contributed by atoms with Crippen LogP contribution in [0.3, 0.4) is 0 Å². The second kappa shape index (κ2) is 5.25. The van der Waals surface area contributed by atoms with Crippen LogP contribution < -0.4 is 10.5 Å². The molecule has 17 heavy (non-hydrogen) atoms. The van der Waals surface area contributed by atoms with E-state index in [0.29, 0.717) is 0 Å². The number of rotatable bonds is 6. The number of thiophene rings is 1. The molecule has 0 unspecified atom stereocenters. The van der Waals surface area contributed by atoms with E-state index in [1.54, 1.807) is 0 Å². The molecule has 0 atom stereocenters. The summed E-state index contributed by atoms with van der Waals surface area (Å²) in [4.78, 5) is 20.6. The number of nitrogens with two attached hydrogens (primary N) is 1. The first-order chi connectivity index (χ1) is 7.84. The molecular weight excluding hydrogens is 268 g/mol. The molecule has 1 aromatic rings. The number of nitrogens with one attached hydrogen (secondary N) is 1. The topological polar surface area (TPSA) is 127 Å². The van der Waals surface area contributed by atoms with Crippen LogP contribution in [-0.2, 0) is 14.8 Å². The lowest BCUT2D eigenvalue weighted by Crippen LogP contribution is -2.28. The van der Waals surface area contributed by atoms with Gasteiger partial charge < -0.3 is 10.8 Å². The van der Waals surface area contributed by atoms with Crippen LogP contribution in [0.2, 0.25) is 0 Å². The smallest absolute Gasteiger partial charge is 0.347 e. The Kier molecular flexibility index (Phi) is 4.21. The molecular formula is C8H10N2O5S2. The number of primary amides is 1. The monoisotopic (exact) mass is 278 g/mol. The number of carboxylic acids is 1. The number of amides is 1. The van der Waals surface area contributed by atoms with Crippen molar-refractivity contribution in [3.8, 4) is 0 Å². The Morgan fingerprint density at radius 2 is 2.12 bits per heavy atom. The van der Waals surface area contributed by atoms with Crippen molar-refractivity contribution in [1.82, 2.24) is 4.72 Å². The Hall–Kier alpha value is -1.45. The van der Waals surface area contributed by atoms with E-state index >= 15 is 0 Å². The zero-order chi connectivity index (χ0) is 13.1. The maximum Gasteiger partial charge on any atom is 0.347 e. The highest BCUT2D eigenvalue weighted by Gasteiger charge is 2.23. The molecule has 0 aliphatic rings. The van der Waals surface area contributed by atoms with Crippen molar-refractivity contribution >= 4 is 33.2 Å². The van der Waals surface area contributed by atoms with Gasteiger partial charge in [0.1, 0.15) is 9.77 Å². The van der Waals surface area contributed by atoms with Crippen LogP contribution in [0.25, 0.3) is 0 Å². The fraction of sp³-hybridized carbons (Fsp3) is 0.250. The summed E-state index contributed by atoms with van der Waals surface area (Å²) in [5.41, 5.74) is 4.85. The summed E-state index contributed by atoms with van der Waals surface area (Å²) >= 11 is 0.814. The van der Waals surface area contributed by atoms with Gasteiger partial charge in [0.15, 0.2) is 0 Å².